The van der Waals surface area contributed by atoms with Gasteiger partial charge in [-0.3, -0.25) is 0 Å². The number of piperidine rings is 1. The molecule has 1 aromatic heterocycles. The molecule has 3 nitrogen and oxygen atoms in total. The van der Waals surface area contributed by atoms with E-state index in [9.17, 15) is 0 Å². The van der Waals surface area contributed by atoms with Crippen LogP contribution in [-0.2, 0) is 0 Å². The molecule has 0 saturated carbocycles. The molecule has 0 atom stereocenters. The van der Waals surface area contributed by atoms with Crippen LogP contribution >= 0.6 is 28.3 Å². The maximum Gasteiger partial charge on any atom is 0.214 e. The summed E-state index contributed by atoms with van der Waals surface area (Å²) >= 11 is 3.33. The van der Waals surface area contributed by atoms with Gasteiger partial charge in [-0.1, -0.05) is 6.07 Å². The molecule has 0 spiro atoms. The molecule has 1 saturated heterocycles. The third-order valence-corrected chi connectivity index (χ3v) is 3.06. The van der Waals surface area contributed by atoms with Gasteiger partial charge in [0.1, 0.15) is 4.60 Å². The summed E-state index contributed by atoms with van der Waals surface area (Å²) in [5.41, 5.74) is 0. The monoisotopic (exact) mass is 306 g/mol. The molecule has 1 N–H and O–H groups in total. The van der Waals surface area contributed by atoms with Crippen molar-refractivity contribution in [3.63, 3.8) is 0 Å². The highest BCUT2D eigenvalue weighted by molar-refractivity contribution is 9.10. The average Bonchev–Trinajstić information content (AvgIpc) is 2.28. The highest BCUT2D eigenvalue weighted by Crippen LogP contribution is 2.16. The normalized spacial score (nSPS) is 16.6. The Morgan fingerprint density at radius 2 is 2.12 bits per heavy atom. The van der Waals surface area contributed by atoms with Crippen molar-refractivity contribution in [3.8, 4) is 5.88 Å². The second-order valence-electron chi connectivity index (χ2n) is 3.80. The van der Waals surface area contributed by atoms with Crippen LogP contribution in [0.25, 0.3) is 0 Å². The lowest BCUT2D eigenvalue weighted by atomic mass is 9.99. The third-order valence-electron chi connectivity index (χ3n) is 2.62. The molecule has 5 heteroatoms. The van der Waals surface area contributed by atoms with Crippen LogP contribution in [-0.4, -0.2) is 24.7 Å². The molecule has 0 radical (unpaired) electrons. The number of halogens is 2. The van der Waals surface area contributed by atoms with E-state index in [4.69, 9.17) is 4.74 Å². The molecule has 1 aliphatic heterocycles. The van der Waals surface area contributed by atoms with Gasteiger partial charge in [0.15, 0.2) is 0 Å². The van der Waals surface area contributed by atoms with E-state index in [0.29, 0.717) is 11.8 Å². The first-order chi connectivity index (χ1) is 7.34. The Bertz CT molecular complexity index is 319. The lowest BCUT2D eigenvalue weighted by molar-refractivity contribution is 0.208. The van der Waals surface area contributed by atoms with Gasteiger partial charge in [-0.2, -0.15) is 0 Å². The zero-order chi connectivity index (χ0) is 10.5. The topological polar surface area (TPSA) is 34.1 Å². The molecule has 1 fully saturated rings. The fourth-order valence-electron chi connectivity index (χ4n) is 1.72. The number of hydrogen-bond donors (Lipinski definition) is 1. The standard InChI is InChI=1S/C11H15BrN2O.ClH/c12-10-2-1-3-11(14-10)15-8-9-4-6-13-7-5-9;/h1-3,9,13H,4-8H2;1H. The number of nitrogens with one attached hydrogen (secondary N) is 1. The van der Waals surface area contributed by atoms with Gasteiger partial charge >= 0.3 is 0 Å². The number of pyridine rings is 1. The zero-order valence-corrected chi connectivity index (χ0v) is 11.4. The summed E-state index contributed by atoms with van der Waals surface area (Å²) in [5, 5.41) is 3.34. The Balaban J connectivity index is 0.00000128. The molecular weight excluding hydrogens is 291 g/mol. The quantitative estimate of drug-likeness (QED) is 0.872. The third kappa shape index (κ3) is 4.28. The van der Waals surface area contributed by atoms with Gasteiger partial charge in [-0.15, -0.1) is 12.4 Å². The Morgan fingerprint density at radius 1 is 1.38 bits per heavy atom. The van der Waals surface area contributed by atoms with Crippen LogP contribution in [0.3, 0.4) is 0 Å². The first kappa shape index (κ1) is 13.7. The maximum atomic E-state index is 5.66. The van der Waals surface area contributed by atoms with Crippen molar-refractivity contribution in [2.24, 2.45) is 5.92 Å². The van der Waals surface area contributed by atoms with Crippen molar-refractivity contribution in [1.82, 2.24) is 10.3 Å². The fraction of sp³-hybridized carbons (Fsp3) is 0.545. The summed E-state index contributed by atoms with van der Waals surface area (Å²) in [6.45, 7) is 3.00. The van der Waals surface area contributed by atoms with Crippen molar-refractivity contribution in [2.75, 3.05) is 19.7 Å². The number of aromatic nitrogens is 1. The summed E-state index contributed by atoms with van der Waals surface area (Å²) in [6, 6.07) is 5.73. The predicted molar refractivity (Wildman–Crippen MR) is 70.3 cm³/mol. The largest absolute Gasteiger partial charge is 0.477 e. The van der Waals surface area contributed by atoms with E-state index in [0.717, 1.165) is 24.3 Å². The highest BCUT2D eigenvalue weighted by Gasteiger charge is 2.13. The van der Waals surface area contributed by atoms with Crippen molar-refractivity contribution >= 4 is 28.3 Å². The van der Waals surface area contributed by atoms with Gasteiger partial charge in [-0.05, 0) is 53.8 Å². The smallest absolute Gasteiger partial charge is 0.214 e. The average molecular weight is 308 g/mol. The van der Waals surface area contributed by atoms with Crippen molar-refractivity contribution in [2.45, 2.75) is 12.8 Å². The van der Waals surface area contributed by atoms with Crippen LogP contribution in [0.15, 0.2) is 22.8 Å². The summed E-state index contributed by atoms with van der Waals surface area (Å²) in [4.78, 5) is 4.24. The highest BCUT2D eigenvalue weighted by atomic mass is 79.9. The summed E-state index contributed by atoms with van der Waals surface area (Å²) in [7, 11) is 0. The molecule has 2 rings (SSSR count). The minimum absolute atomic E-state index is 0. The Labute approximate surface area is 111 Å². The van der Waals surface area contributed by atoms with E-state index in [-0.39, 0.29) is 12.4 Å². The van der Waals surface area contributed by atoms with Gasteiger partial charge < -0.3 is 10.1 Å². The van der Waals surface area contributed by atoms with E-state index in [2.05, 4.69) is 26.2 Å². The van der Waals surface area contributed by atoms with Crippen molar-refractivity contribution < 1.29 is 4.74 Å². The lowest BCUT2D eigenvalue weighted by Gasteiger charge is -2.22. The minimum atomic E-state index is 0. The number of hydrogen-bond acceptors (Lipinski definition) is 3. The van der Waals surface area contributed by atoms with Crippen molar-refractivity contribution in [1.29, 1.82) is 0 Å². The van der Waals surface area contributed by atoms with Crippen LogP contribution < -0.4 is 10.1 Å². The SMILES string of the molecule is Brc1cccc(OCC2CCNCC2)n1.Cl. The van der Waals surface area contributed by atoms with E-state index < -0.39 is 0 Å². The van der Waals surface area contributed by atoms with Gasteiger partial charge in [0, 0.05) is 6.07 Å². The van der Waals surface area contributed by atoms with E-state index in [1.54, 1.807) is 0 Å². The number of ether oxygens (including phenoxy) is 1. The lowest BCUT2D eigenvalue weighted by Crippen LogP contribution is -2.30. The molecule has 16 heavy (non-hydrogen) atoms. The summed E-state index contributed by atoms with van der Waals surface area (Å²) in [5.74, 6) is 1.38. The molecule has 2 heterocycles. The first-order valence-electron chi connectivity index (χ1n) is 5.30. The maximum absolute atomic E-state index is 5.66. The first-order valence-corrected chi connectivity index (χ1v) is 6.10. The zero-order valence-electron chi connectivity index (χ0n) is 8.99. The molecule has 0 bridgehead atoms. The Kier molecular flexibility index (Phi) is 6.09. The minimum Gasteiger partial charge on any atom is -0.477 e. The predicted octanol–water partition coefficient (Wildman–Crippen LogP) is 2.64. The van der Waals surface area contributed by atoms with Crippen LogP contribution in [0.4, 0.5) is 0 Å². The van der Waals surface area contributed by atoms with Crippen LogP contribution in [0, 0.1) is 5.92 Å². The molecular formula is C11H16BrClN2O. The van der Waals surface area contributed by atoms with Gasteiger partial charge in [-0.25, -0.2) is 4.98 Å². The molecule has 1 aromatic rings. The van der Waals surface area contributed by atoms with Crippen molar-refractivity contribution in [3.05, 3.63) is 22.8 Å². The van der Waals surface area contributed by atoms with E-state index in [1.165, 1.54) is 12.8 Å². The molecule has 0 unspecified atom stereocenters. The van der Waals surface area contributed by atoms with Crippen LogP contribution in [0.2, 0.25) is 0 Å². The van der Waals surface area contributed by atoms with Gasteiger partial charge in [0.05, 0.1) is 6.61 Å². The number of rotatable bonds is 3. The number of nitrogens with zero attached hydrogens (tertiary/aromatic N) is 1. The second-order valence-corrected chi connectivity index (χ2v) is 4.62. The summed E-state index contributed by atoms with van der Waals surface area (Å²) < 4.78 is 6.48. The fourth-order valence-corrected chi connectivity index (χ4v) is 2.05. The van der Waals surface area contributed by atoms with Gasteiger partial charge in [0.25, 0.3) is 0 Å². The Morgan fingerprint density at radius 3 is 2.81 bits per heavy atom. The van der Waals surface area contributed by atoms with E-state index in [1.807, 2.05) is 18.2 Å². The molecule has 0 aromatic carbocycles. The Hall–Kier alpha value is -0.320. The van der Waals surface area contributed by atoms with E-state index >= 15 is 0 Å². The molecule has 1 aliphatic rings. The molecule has 0 aliphatic carbocycles. The molecule has 0 amide bonds. The van der Waals surface area contributed by atoms with Crippen LogP contribution in [0.5, 0.6) is 5.88 Å². The second kappa shape index (κ2) is 7.09. The van der Waals surface area contributed by atoms with Crippen LogP contribution in [0.1, 0.15) is 12.8 Å². The van der Waals surface area contributed by atoms with Gasteiger partial charge in [0.2, 0.25) is 5.88 Å². The summed E-state index contributed by atoms with van der Waals surface area (Å²) in [6.07, 6.45) is 2.40. The molecule has 90 valence electrons.